The molecule has 0 aliphatic heterocycles. The summed E-state index contributed by atoms with van der Waals surface area (Å²) in [5.41, 5.74) is 5.57. The smallest absolute Gasteiger partial charge is 0.239 e. The van der Waals surface area contributed by atoms with Gasteiger partial charge in [0.25, 0.3) is 0 Å². The van der Waals surface area contributed by atoms with E-state index in [4.69, 9.17) is 5.73 Å². The second-order valence-corrected chi connectivity index (χ2v) is 4.96. The SMILES string of the molecule is CC(C)CNC(=O)CN(C)C(=O)CCC(C)N. The normalized spacial score (nSPS) is 12.4. The van der Waals surface area contributed by atoms with Crippen LogP contribution in [0.25, 0.3) is 0 Å². The molecule has 0 spiro atoms. The van der Waals surface area contributed by atoms with Crippen LogP contribution in [0.15, 0.2) is 0 Å². The van der Waals surface area contributed by atoms with Crippen molar-refractivity contribution in [3.05, 3.63) is 0 Å². The summed E-state index contributed by atoms with van der Waals surface area (Å²) in [5, 5.41) is 2.78. The molecule has 0 aliphatic rings. The van der Waals surface area contributed by atoms with Crippen molar-refractivity contribution in [2.75, 3.05) is 20.1 Å². The lowest BCUT2D eigenvalue weighted by Crippen LogP contribution is -2.39. The number of nitrogens with one attached hydrogen (secondary N) is 1. The number of hydrogen-bond donors (Lipinski definition) is 2. The van der Waals surface area contributed by atoms with Crippen molar-refractivity contribution in [3.8, 4) is 0 Å². The molecule has 0 aromatic carbocycles. The summed E-state index contributed by atoms with van der Waals surface area (Å²) in [6.07, 6.45) is 1.04. The second-order valence-electron chi connectivity index (χ2n) is 4.96. The predicted molar refractivity (Wildman–Crippen MR) is 68.4 cm³/mol. The fourth-order valence-corrected chi connectivity index (χ4v) is 1.22. The molecule has 0 rings (SSSR count). The standard InChI is InChI=1S/C12H25N3O2/c1-9(2)7-14-11(16)8-15(4)12(17)6-5-10(3)13/h9-10H,5-8,13H2,1-4H3,(H,14,16). The van der Waals surface area contributed by atoms with Crippen molar-refractivity contribution in [2.45, 2.75) is 39.7 Å². The zero-order valence-electron chi connectivity index (χ0n) is 11.3. The molecular weight excluding hydrogens is 218 g/mol. The highest BCUT2D eigenvalue weighted by molar-refractivity contribution is 5.84. The largest absolute Gasteiger partial charge is 0.354 e. The molecule has 5 nitrogen and oxygen atoms in total. The molecule has 0 aromatic heterocycles. The van der Waals surface area contributed by atoms with Crippen LogP contribution in [0.5, 0.6) is 0 Å². The number of rotatable bonds is 7. The molecule has 0 radical (unpaired) electrons. The third kappa shape index (κ3) is 8.68. The van der Waals surface area contributed by atoms with Crippen molar-refractivity contribution < 1.29 is 9.59 Å². The fourth-order valence-electron chi connectivity index (χ4n) is 1.22. The average Bonchev–Trinajstić information content (AvgIpc) is 2.22. The number of likely N-dealkylation sites (N-methyl/N-ethyl adjacent to an activating group) is 1. The molecular formula is C12H25N3O2. The van der Waals surface area contributed by atoms with Crippen molar-refractivity contribution >= 4 is 11.8 Å². The van der Waals surface area contributed by atoms with E-state index in [1.165, 1.54) is 4.90 Å². The first-order valence-corrected chi connectivity index (χ1v) is 6.09. The molecule has 2 amide bonds. The highest BCUT2D eigenvalue weighted by Crippen LogP contribution is 1.98. The Morgan fingerprint density at radius 1 is 1.29 bits per heavy atom. The van der Waals surface area contributed by atoms with Gasteiger partial charge in [-0.3, -0.25) is 9.59 Å². The van der Waals surface area contributed by atoms with Gasteiger partial charge in [0.1, 0.15) is 0 Å². The molecule has 0 aromatic rings. The van der Waals surface area contributed by atoms with E-state index >= 15 is 0 Å². The Bertz CT molecular complexity index is 252. The van der Waals surface area contributed by atoms with Gasteiger partial charge in [-0.25, -0.2) is 0 Å². The van der Waals surface area contributed by atoms with Crippen LogP contribution in [-0.4, -0.2) is 42.9 Å². The third-order valence-corrected chi connectivity index (χ3v) is 2.33. The van der Waals surface area contributed by atoms with Crippen LogP contribution in [0.4, 0.5) is 0 Å². The number of carbonyl (C=O) groups is 2. The van der Waals surface area contributed by atoms with E-state index < -0.39 is 0 Å². The fraction of sp³-hybridized carbons (Fsp3) is 0.833. The molecule has 3 N–H and O–H groups in total. The molecule has 0 saturated heterocycles. The summed E-state index contributed by atoms with van der Waals surface area (Å²) in [7, 11) is 1.64. The molecule has 1 unspecified atom stereocenters. The minimum atomic E-state index is -0.115. The first-order valence-electron chi connectivity index (χ1n) is 6.09. The minimum Gasteiger partial charge on any atom is -0.354 e. The van der Waals surface area contributed by atoms with Gasteiger partial charge in [-0.1, -0.05) is 13.8 Å². The van der Waals surface area contributed by atoms with Gasteiger partial charge >= 0.3 is 0 Å². The summed E-state index contributed by atoms with van der Waals surface area (Å²) in [4.78, 5) is 24.5. The summed E-state index contributed by atoms with van der Waals surface area (Å²) in [5.74, 6) is 0.260. The lowest BCUT2D eigenvalue weighted by molar-refractivity contribution is -0.134. The molecule has 0 aliphatic carbocycles. The highest BCUT2D eigenvalue weighted by atomic mass is 16.2. The van der Waals surface area contributed by atoms with Gasteiger partial charge in [-0.05, 0) is 19.3 Å². The van der Waals surface area contributed by atoms with E-state index in [-0.39, 0.29) is 24.4 Å². The second kappa shape index (κ2) is 8.06. The van der Waals surface area contributed by atoms with Crippen molar-refractivity contribution in [3.63, 3.8) is 0 Å². The van der Waals surface area contributed by atoms with Crippen LogP contribution < -0.4 is 11.1 Å². The van der Waals surface area contributed by atoms with Crippen molar-refractivity contribution in [2.24, 2.45) is 11.7 Å². The van der Waals surface area contributed by atoms with Crippen molar-refractivity contribution in [1.82, 2.24) is 10.2 Å². The summed E-state index contributed by atoms with van der Waals surface area (Å²) < 4.78 is 0. The maximum absolute atomic E-state index is 11.6. The van der Waals surface area contributed by atoms with Gasteiger partial charge in [0.15, 0.2) is 0 Å². The highest BCUT2D eigenvalue weighted by Gasteiger charge is 2.13. The summed E-state index contributed by atoms with van der Waals surface area (Å²) >= 11 is 0. The zero-order valence-corrected chi connectivity index (χ0v) is 11.3. The first kappa shape index (κ1) is 15.9. The van der Waals surface area contributed by atoms with Crippen LogP contribution in [0.1, 0.15) is 33.6 Å². The van der Waals surface area contributed by atoms with Gasteiger partial charge in [0.2, 0.25) is 11.8 Å². The molecule has 0 bridgehead atoms. The Hall–Kier alpha value is -1.10. The summed E-state index contributed by atoms with van der Waals surface area (Å²) in [6.45, 7) is 6.67. The molecule has 0 fully saturated rings. The van der Waals surface area contributed by atoms with Gasteiger partial charge in [-0.2, -0.15) is 0 Å². The Morgan fingerprint density at radius 2 is 1.88 bits per heavy atom. The van der Waals surface area contributed by atoms with E-state index in [2.05, 4.69) is 5.32 Å². The number of hydrogen-bond acceptors (Lipinski definition) is 3. The maximum Gasteiger partial charge on any atom is 0.239 e. The number of nitrogens with two attached hydrogens (primary N) is 1. The third-order valence-electron chi connectivity index (χ3n) is 2.33. The number of carbonyl (C=O) groups excluding carboxylic acids is 2. The van der Waals surface area contributed by atoms with Gasteiger partial charge < -0.3 is 16.0 Å². The van der Waals surface area contributed by atoms with Crippen LogP contribution >= 0.6 is 0 Å². The number of nitrogens with zero attached hydrogens (tertiary/aromatic N) is 1. The first-order chi connectivity index (χ1) is 7.82. The number of amides is 2. The van der Waals surface area contributed by atoms with E-state index in [0.29, 0.717) is 25.3 Å². The maximum atomic E-state index is 11.6. The van der Waals surface area contributed by atoms with E-state index in [9.17, 15) is 9.59 Å². The van der Waals surface area contributed by atoms with Crippen LogP contribution in [0.3, 0.4) is 0 Å². The zero-order chi connectivity index (χ0) is 13.4. The molecule has 1 atom stereocenters. The molecule has 5 heteroatoms. The Kier molecular flexibility index (Phi) is 7.54. The molecule has 100 valence electrons. The lowest BCUT2D eigenvalue weighted by atomic mass is 10.2. The van der Waals surface area contributed by atoms with Crippen LogP contribution in [0, 0.1) is 5.92 Å². The quantitative estimate of drug-likeness (QED) is 0.677. The van der Waals surface area contributed by atoms with Gasteiger partial charge in [0, 0.05) is 26.1 Å². The Balaban J connectivity index is 3.86. The Labute approximate surface area is 104 Å². The average molecular weight is 243 g/mol. The summed E-state index contributed by atoms with van der Waals surface area (Å²) in [6, 6.07) is 0.0158. The van der Waals surface area contributed by atoms with E-state index in [1.807, 2.05) is 20.8 Å². The lowest BCUT2D eigenvalue weighted by Gasteiger charge is -2.17. The molecule has 17 heavy (non-hydrogen) atoms. The molecule has 0 heterocycles. The minimum absolute atomic E-state index is 0.0158. The Morgan fingerprint density at radius 3 is 2.35 bits per heavy atom. The predicted octanol–water partition coefficient (Wildman–Crippen LogP) is 0.344. The topological polar surface area (TPSA) is 75.4 Å². The van der Waals surface area contributed by atoms with Crippen molar-refractivity contribution in [1.29, 1.82) is 0 Å². The van der Waals surface area contributed by atoms with E-state index in [1.54, 1.807) is 7.05 Å². The molecule has 0 saturated carbocycles. The van der Waals surface area contributed by atoms with Gasteiger partial charge in [-0.15, -0.1) is 0 Å². The van der Waals surface area contributed by atoms with Crippen LogP contribution in [-0.2, 0) is 9.59 Å². The van der Waals surface area contributed by atoms with E-state index in [0.717, 1.165) is 0 Å². The van der Waals surface area contributed by atoms with Gasteiger partial charge in [0.05, 0.1) is 6.54 Å². The van der Waals surface area contributed by atoms with Crippen LogP contribution in [0.2, 0.25) is 0 Å². The monoisotopic (exact) mass is 243 g/mol.